The Bertz CT molecular complexity index is 989. The quantitative estimate of drug-likeness (QED) is 0.545. The monoisotopic (exact) mass is 444 g/mol. The summed E-state index contributed by atoms with van der Waals surface area (Å²) < 4.78 is 12.7. The summed E-state index contributed by atoms with van der Waals surface area (Å²) in [4.78, 5) is 29.0. The predicted octanol–water partition coefficient (Wildman–Crippen LogP) is 2.46. The Morgan fingerprint density at radius 2 is 2.00 bits per heavy atom. The number of hydrazine groups is 1. The van der Waals surface area contributed by atoms with E-state index >= 15 is 0 Å². The number of hydrogen-bond donors (Lipinski definition) is 2. The Labute approximate surface area is 188 Å². The molecule has 2 heterocycles. The number of fused-ring (bicyclic) bond motifs is 1. The first-order chi connectivity index (χ1) is 15.3. The van der Waals surface area contributed by atoms with Crippen molar-refractivity contribution in [1.82, 2.24) is 15.0 Å². The minimum Gasteiger partial charge on any atom is -0.492 e. The minimum atomic E-state index is -0.974. The molecule has 3 rings (SSSR count). The SMILES string of the molecule is CCCC1NN(C)c2c1nc(C)n(CCOc1ccc(CC(OCC)C(=O)O)cc1)c2=O. The van der Waals surface area contributed by atoms with Gasteiger partial charge in [-0.2, -0.15) is 0 Å². The molecule has 0 fully saturated rings. The van der Waals surface area contributed by atoms with Gasteiger partial charge in [0.05, 0.1) is 18.3 Å². The van der Waals surface area contributed by atoms with Crippen molar-refractivity contribution in [3.8, 4) is 5.75 Å². The van der Waals surface area contributed by atoms with E-state index in [9.17, 15) is 14.7 Å². The molecule has 2 N–H and O–H groups in total. The molecule has 0 saturated heterocycles. The van der Waals surface area contributed by atoms with Crippen LogP contribution in [0, 0.1) is 6.92 Å². The van der Waals surface area contributed by atoms with Crippen LogP contribution in [0.5, 0.6) is 5.75 Å². The maximum Gasteiger partial charge on any atom is 0.333 e. The fourth-order valence-corrected chi connectivity index (χ4v) is 3.95. The molecular weight excluding hydrogens is 412 g/mol. The Morgan fingerprint density at radius 3 is 2.62 bits per heavy atom. The first-order valence-corrected chi connectivity index (χ1v) is 11.0. The van der Waals surface area contributed by atoms with Crippen LogP contribution in [0.1, 0.15) is 49.8 Å². The fourth-order valence-electron chi connectivity index (χ4n) is 3.95. The van der Waals surface area contributed by atoms with Crippen molar-refractivity contribution in [2.24, 2.45) is 0 Å². The summed E-state index contributed by atoms with van der Waals surface area (Å²) in [5.41, 5.74) is 5.50. The summed E-state index contributed by atoms with van der Waals surface area (Å²) in [5.74, 6) is 0.345. The van der Waals surface area contributed by atoms with E-state index in [0.717, 1.165) is 24.1 Å². The average Bonchev–Trinajstić information content (AvgIpc) is 3.06. The van der Waals surface area contributed by atoms with Crippen LogP contribution in [-0.2, 0) is 22.5 Å². The third kappa shape index (κ3) is 5.28. The van der Waals surface area contributed by atoms with Gasteiger partial charge < -0.3 is 19.6 Å². The lowest BCUT2D eigenvalue weighted by atomic mass is 10.1. The summed E-state index contributed by atoms with van der Waals surface area (Å²) in [6, 6.07) is 7.31. The summed E-state index contributed by atoms with van der Waals surface area (Å²) >= 11 is 0. The van der Waals surface area contributed by atoms with Gasteiger partial charge in [-0.3, -0.25) is 9.36 Å². The van der Waals surface area contributed by atoms with E-state index in [1.807, 2.05) is 26.1 Å². The van der Waals surface area contributed by atoms with Crippen LogP contribution in [0.2, 0.25) is 0 Å². The summed E-state index contributed by atoms with van der Waals surface area (Å²) in [6.07, 6.45) is 1.35. The Kier molecular flexibility index (Phi) is 7.87. The van der Waals surface area contributed by atoms with Gasteiger partial charge in [0.2, 0.25) is 0 Å². The molecule has 174 valence electrons. The van der Waals surface area contributed by atoms with Gasteiger partial charge in [-0.05, 0) is 38.0 Å². The molecular formula is C23H32N4O5. The van der Waals surface area contributed by atoms with Gasteiger partial charge in [-0.15, -0.1) is 0 Å². The number of hydrogen-bond acceptors (Lipinski definition) is 7. The molecule has 9 nitrogen and oxygen atoms in total. The molecule has 1 aliphatic rings. The second-order valence-corrected chi connectivity index (χ2v) is 7.86. The summed E-state index contributed by atoms with van der Waals surface area (Å²) in [5, 5.41) is 11.0. The molecule has 9 heteroatoms. The molecule has 0 bridgehead atoms. The van der Waals surface area contributed by atoms with Gasteiger partial charge in [0.25, 0.3) is 5.56 Å². The first kappa shape index (κ1) is 23.7. The smallest absolute Gasteiger partial charge is 0.333 e. The topological polar surface area (TPSA) is 106 Å². The maximum atomic E-state index is 13.1. The highest BCUT2D eigenvalue weighted by molar-refractivity contribution is 5.72. The van der Waals surface area contributed by atoms with E-state index in [1.165, 1.54) is 0 Å². The zero-order valence-electron chi connectivity index (χ0n) is 19.1. The van der Waals surface area contributed by atoms with Gasteiger partial charge >= 0.3 is 5.97 Å². The molecule has 0 radical (unpaired) electrons. The largest absolute Gasteiger partial charge is 0.492 e. The Hall–Kier alpha value is -2.91. The van der Waals surface area contributed by atoms with Crippen LogP contribution < -0.4 is 20.7 Å². The number of aryl methyl sites for hydroxylation is 1. The highest BCUT2D eigenvalue weighted by Gasteiger charge is 2.31. The molecule has 2 unspecified atom stereocenters. The van der Waals surface area contributed by atoms with Crippen molar-refractivity contribution in [3.05, 3.63) is 51.7 Å². The van der Waals surface area contributed by atoms with Gasteiger partial charge in [-0.25, -0.2) is 15.2 Å². The fraction of sp³-hybridized carbons (Fsp3) is 0.522. The number of nitrogens with zero attached hydrogens (tertiary/aromatic N) is 3. The molecule has 32 heavy (non-hydrogen) atoms. The van der Waals surface area contributed by atoms with E-state index in [4.69, 9.17) is 14.5 Å². The molecule has 1 aromatic carbocycles. The van der Waals surface area contributed by atoms with E-state index in [2.05, 4.69) is 12.3 Å². The summed E-state index contributed by atoms with van der Waals surface area (Å²) in [6.45, 7) is 6.77. The van der Waals surface area contributed by atoms with Crippen molar-refractivity contribution in [1.29, 1.82) is 0 Å². The van der Waals surface area contributed by atoms with Gasteiger partial charge in [0.1, 0.15) is 23.9 Å². The minimum absolute atomic E-state index is 0.0688. The van der Waals surface area contributed by atoms with Crippen molar-refractivity contribution in [2.75, 3.05) is 25.3 Å². The molecule has 0 aliphatic carbocycles. The third-order valence-corrected chi connectivity index (χ3v) is 5.53. The molecule has 2 atom stereocenters. The second-order valence-electron chi connectivity index (χ2n) is 7.86. The number of ether oxygens (including phenoxy) is 2. The lowest BCUT2D eigenvalue weighted by Gasteiger charge is -2.15. The zero-order valence-corrected chi connectivity index (χ0v) is 19.1. The average molecular weight is 445 g/mol. The molecule has 1 aromatic heterocycles. The molecule has 0 amide bonds. The van der Waals surface area contributed by atoms with Gasteiger partial charge in [-0.1, -0.05) is 25.5 Å². The third-order valence-electron chi connectivity index (χ3n) is 5.53. The first-order valence-electron chi connectivity index (χ1n) is 11.0. The molecule has 1 aliphatic heterocycles. The molecule has 0 spiro atoms. The number of benzene rings is 1. The van der Waals surface area contributed by atoms with Crippen LogP contribution in [0.15, 0.2) is 29.1 Å². The predicted molar refractivity (Wildman–Crippen MR) is 121 cm³/mol. The van der Waals surface area contributed by atoms with Crippen molar-refractivity contribution < 1.29 is 19.4 Å². The summed E-state index contributed by atoms with van der Waals surface area (Å²) in [7, 11) is 1.84. The number of carboxylic acids is 1. The normalized spacial score (nSPS) is 16.1. The van der Waals surface area contributed by atoms with E-state index in [1.54, 1.807) is 28.6 Å². The number of carbonyl (C=O) groups is 1. The number of aromatic nitrogens is 2. The molecule has 0 saturated carbocycles. The van der Waals surface area contributed by atoms with Crippen molar-refractivity contribution >= 4 is 11.7 Å². The van der Waals surface area contributed by atoms with Crippen LogP contribution >= 0.6 is 0 Å². The number of rotatable bonds is 11. The van der Waals surface area contributed by atoms with Gasteiger partial charge in [0.15, 0.2) is 6.10 Å². The number of nitrogens with one attached hydrogen (secondary N) is 1. The Morgan fingerprint density at radius 1 is 1.28 bits per heavy atom. The number of carboxylic acid groups (broad SMARTS) is 1. The highest BCUT2D eigenvalue weighted by Crippen LogP contribution is 2.30. The van der Waals surface area contributed by atoms with Crippen LogP contribution in [0.25, 0.3) is 0 Å². The van der Waals surface area contributed by atoms with E-state index in [-0.39, 0.29) is 11.6 Å². The number of aliphatic carboxylic acids is 1. The van der Waals surface area contributed by atoms with Crippen LogP contribution in [0.4, 0.5) is 5.69 Å². The Balaban J connectivity index is 1.63. The zero-order chi connectivity index (χ0) is 23.3. The number of anilines is 1. The van der Waals surface area contributed by atoms with Crippen LogP contribution in [0.3, 0.4) is 0 Å². The van der Waals surface area contributed by atoms with E-state index < -0.39 is 12.1 Å². The van der Waals surface area contributed by atoms with Crippen LogP contribution in [-0.4, -0.2) is 47.0 Å². The van der Waals surface area contributed by atoms with E-state index in [0.29, 0.717) is 43.4 Å². The maximum absolute atomic E-state index is 13.1. The van der Waals surface area contributed by atoms with Crippen molar-refractivity contribution in [2.45, 2.75) is 58.7 Å². The van der Waals surface area contributed by atoms with Gasteiger partial charge in [0, 0.05) is 20.1 Å². The molecule has 2 aromatic rings. The highest BCUT2D eigenvalue weighted by atomic mass is 16.5. The lowest BCUT2D eigenvalue weighted by molar-refractivity contribution is -0.149. The second kappa shape index (κ2) is 10.6. The lowest BCUT2D eigenvalue weighted by Crippen LogP contribution is -2.35. The standard InChI is InChI=1S/C23H32N4O5/c1-5-7-18-20-21(26(4)25-18)22(28)27(15(3)24-20)12-13-32-17-10-8-16(9-11-17)14-19(23(29)30)31-6-2/h8-11,18-19,25H,5-7,12-14H2,1-4H3,(H,29,30). The van der Waals surface area contributed by atoms with Crippen molar-refractivity contribution in [3.63, 3.8) is 0 Å².